The van der Waals surface area contributed by atoms with Crippen molar-refractivity contribution >= 4 is 22.5 Å². The Balaban J connectivity index is 1.90. The predicted octanol–water partition coefficient (Wildman–Crippen LogP) is 4.95. The van der Waals surface area contributed by atoms with Crippen LogP contribution in [0, 0.1) is 11.6 Å². The van der Waals surface area contributed by atoms with Crippen LogP contribution in [0.1, 0.15) is 11.1 Å². The second kappa shape index (κ2) is 9.73. The summed E-state index contributed by atoms with van der Waals surface area (Å²) in [6.45, 7) is 4.13. The molecule has 1 N–H and O–H groups in total. The number of aromatic nitrogens is 1. The third-order valence-electron chi connectivity index (χ3n) is 4.39. The van der Waals surface area contributed by atoms with Gasteiger partial charge in [-0.05, 0) is 18.2 Å². The largest absolute Gasteiger partial charge is 0.493 e. The second-order valence-corrected chi connectivity index (χ2v) is 7.01. The molecule has 0 bridgehead atoms. The normalized spacial score (nSPS) is 10.8. The topological polar surface area (TPSA) is 52.6 Å². The molecule has 0 fully saturated rings. The van der Waals surface area contributed by atoms with E-state index in [0.29, 0.717) is 40.0 Å². The van der Waals surface area contributed by atoms with Gasteiger partial charge in [-0.15, -0.1) is 0 Å². The molecule has 0 unspecified atom stereocenters. The highest BCUT2D eigenvalue weighted by atomic mass is 35.5. The minimum Gasteiger partial charge on any atom is -0.493 e. The Morgan fingerprint density at radius 1 is 1.07 bits per heavy atom. The number of methoxy groups -OCH3 is 2. The maximum atomic E-state index is 13.9. The van der Waals surface area contributed by atoms with Crippen molar-refractivity contribution in [3.8, 4) is 17.4 Å². The molecule has 5 nitrogen and oxygen atoms in total. The van der Waals surface area contributed by atoms with Crippen LogP contribution >= 0.6 is 11.6 Å². The average Bonchev–Trinajstić information content (AvgIpc) is 2.74. The zero-order valence-corrected chi connectivity index (χ0v) is 17.4. The number of pyridine rings is 1. The van der Waals surface area contributed by atoms with Crippen LogP contribution in [0.5, 0.6) is 17.4 Å². The lowest BCUT2D eigenvalue weighted by Gasteiger charge is -2.14. The molecule has 30 heavy (non-hydrogen) atoms. The first-order valence-electron chi connectivity index (χ1n) is 9.08. The van der Waals surface area contributed by atoms with Crippen LogP contribution in [0.2, 0.25) is 0 Å². The fourth-order valence-electron chi connectivity index (χ4n) is 2.94. The van der Waals surface area contributed by atoms with Crippen LogP contribution in [0.15, 0.2) is 48.0 Å². The van der Waals surface area contributed by atoms with E-state index in [4.69, 9.17) is 25.8 Å². The molecule has 0 spiro atoms. The van der Waals surface area contributed by atoms with Gasteiger partial charge < -0.3 is 19.5 Å². The monoisotopic (exact) mass is 434 g/mol. The Bertz CT molecular complexity index is 1080. The number of fused-ring (bicyclic) bond motifs is 1. The maximum absolute atomic E-state index is 13.9. The molecular formula is C22H21ClF2N2O3. The Labute approximate surface area is 178 Å². The maximum Gasteiger partial charge on any atom is 0.218 e. The van der Waals surface area contributed by atoms with E-state index in [1.54, 1.807) is 26.4 Å². The average molecular weight is 435 g/mol. The molecule has 0 amide bonds. The lowest BCUT2D eigenvalue weighted by atomic mass is 10.1. The summed E-state index contributed by atoms with van der Waals surface area (Å²) in [4.78, 5) is 4.56. The quantitative estimate of drug-likeness (QED) is 0.516. The summed E-state index contributed by atoms with van der Waals surface area (Å²) in [5.41, 5.74) is 1.58. The summed E-state index contributed by atoms with van der Waals surface area (Å²) in [6, 6.07) is 9.50. The van der Waals surface area contributed by atoms with Crippen LogP contribution in [-0.4, -0.2) is 25.8 Å². The van der Waals surface area contributed by atoms with Gasteiger partial charge in [-0.3, -0.25) is 0 Å². The van der Waals surface area contributed by atoms with Gasteiger partial charge in [0.15, 0.2) is 23.1 Å². The third-order valence-corrected chi connectivity index (χ3v) is 4.50. The van der Waals surface area contributed by atoms with Gasteiger partial charge in [0.2, 0.25) is 5.88 Å². The summed E-state index contributed by atoms with van der Waals surface area (Å²) in [5.74, 6) is -0.294. The Hall–Kier alpha value is -2.90. The molecule has 1 aromatic heterocycles. The molecule has 0 radical (unpaired) electrons. The number of halogens is 3. The lowest BCUT2D eigenvalue weighted by Crippen LogP contribution is -2.16. The number of hydrogen-bond donors (Lipinski definition) is 1. The molecule has 0 saturated heterocycles. The number of ether oxygens (including phenoxy) is 3. The molecule has 2 aromatic carbocycles. The van der Waals surface area contributed by atoms with E-state index in [1.807, 2.05) is 6.07 Å². The van der Waals surface area contributed by atoms with Gasteiger partial charge in [0, 0.05) is 40.7 Å². The number of nitrogens with one attached hydrogen (secondary N) is 1. The van der Waals surface area contributed by atoms with Crippen molar-refractivity contribution in [2.75, 3.05) is 20.8 Å². The number of nitrogens with zero attached hydrogens (tertiary/aromatic N) is 1. The lowest BCUT2D eigenvalue weighted by molar-refractivity contribution is 0.340. The fourth-order valence-corrected chi connectivity index (χ4v) is 3.00. The molecule has 0 saturated carbocycles. The zero-order chi connectivity index (χ0) is 21.7. The predicted molar refractivity (Wildman–Crippen MR) is 112 cm³/mol. The molecule has 1 heterocycles. The first-order valence-corrected chi connectivity index (χ1v) is 9.46. The highest BCUT2D eigenvalue weighted by Gasteiger charge is 2.14. The van der Waals surface area contributed by atoms with Gasteiger partial charge in [0.25, 0.3) is 0 Å². The van der Waals surface area contributed by atoms with E-state index in [1.165, 1.54) is 12.1 Å². The van der Waals surface area contributed by atoms with Crippen molar-refractivity contribution in [2.45, 2.75) is 13.1 Å². The molecular weight excluding hydrogens is 414 g/mol. The van der Waals surface area contributed by atoms with E-state index in [9.17, 15) is 8.78 Å². The molecule has 158 valence electrons. The molecule has 0 aliphatic heterocycles. The number of hydrogen-bond acceptors (Lipinski definition) is 5. The molecule has 0 aliphatic carbocycles. The van der Waals surface area contributed by atoms with E-state index in [2.05, 4.69) is 16.9 Å². The van der Waals surface area contributed by atoms with E-state index in [-0.39, 0.29) is 18.7 Å². The van der Waals surface area contributed by atoms with Crippen molar-refractivity contribution in [3.63, 3.8) is 0 Å². The van der Waals surface area contributed by atoms with Crippen molar-refractivity contribution in [1.29, 1.82) is 0 Å². The van der Waals surface area contributed by atoms with Crippen molar-refractivity contribution in [2.24, 2.45) is 0 Å². The fraction of sp³-hybridized carbons (Fsp3) is 0.227. The van der Waals surface area contributed by atoms with Gasteiger partial charge >= 0.3 is 0 Å². The Kier molecular flexibility index (Phi) is 7.07. The van der Waals surface area contributed by atoms with Gasteiger partial charge in [-0.1, -0.05) is 30.3 Å². The van der Waals surface area contributed by atoms with Crippen LogP contribution in [0.25, 0.3) is 10.9 Å². The second-order valence-electron chi connectivity index (χ2n) is 6.47. The highest BCUT2D eigenvalue weighted by molar-refractivity contribution is 6.29. The minimum atomic E-state index is -0.882. The number of rotatable bonds is 9. The van der Waals surface area contributed by atoms with Crippen LogP contribution < -0.4 is 19.5 Å². The Morgan fingerprint density at radius 2 is 1.77 bits per heavy atom. The van der Waals surface area contributed by atoms with Crippen LogP contribution in [0.4, 0.5) is 8.78 Å². The highest BCUT2D eigenvalue weighted by Crippen LogP contribution is 2.33. The number of benzene rings is 2. The first-order chi connectivity index (χ1) is 14.4. The van der Waals surface area contributed by atoms with Crippen molar-refractivity contribution in [1.82, 2.24) is 10.3 Å². The summed E-state index contributed by atoms with van der Waals surface area (Å²) >= 11 is 5.83. The van der Waals surface area contributed by atoms with E-state index < -0.39 is 11.6 Å². The van der Waals surface area contributed by atoms with Gasteiger partial charge in [0.1, 0.15) is 6.61 Å². The summed E-state index contributed by atoms with van der Waals surface area (Å²) < 4.78 is 43.7. The molecule has 0 atom stereocenters. The SMILES string of the molecule is C=C(Cl)COc1nc2cc(OC)c(OC)cc2cc1CNCc1cccc(F)c1F. The molecule has 0 aliphatic rings. The molecule has 3 rings (SSSR count). The van der Waals surface area contributed by atoms with Crippen LogP contribution in [-0.2, 0) is 13.1 Å². The van der Waals surface area contributed by atoms with E-state index in [0.717, 1.165) is 11.5 Å². The van der Waals surface area contributed by atoms with Crippen molar-refractivity contribution in [3.05, 3.63) is 70.8 Å². The first kappa shape index (κ1) is 21.8. The Morgan fingerprint density at radius 3 is 2.47 bits per heavy atom. The van der Waals surface area contributed by atoms with Crippen molar-refractivity contribution < 1.29 is 23.0 Å². The third kappa shape index (κ3) is 4.98. The smallest absolute Gasteiger partial charge is 0.218 e. The summed E-state index contributed by atoms with van der Waals surface area (Å²) in [6.07, 6.45) is 0. The summed E-state index contributed by atoms with van der Waals surface area (Å²) in [7, 11) is 3.10. The van der Waals surface area contributed by atoms with Gasteiger partial charge in [-0.25, -0.2) is 13.8 Å². The van der Waals surface area contributed by atoms with Gasteiger partial charge in [0.05, 0.1) is 19.7 Å². The van der Waals surface area contributed by atoms with Crippen LogP contribution in [0.3, 0.4) is 0 Å². The standard InChI is InChI=1S/C22H21ClF2N2O3/c1-13(23)12-30-22-16(11-26-10-14-5-4-6-17(24)21(14)25)7-15-8-19(28-2)20(29-3)9-18(15)27-22/h4-9,26H,1,10-12H2,2-3H3. The minimum absolute atomic E-state index is 0.0822. The molecule has 8 heteroatoms. The zero-order valence-electron chi connectivity index (χ0n) is 16.6. The molecule has 3 aromatic rings. The van der Waals surface area contributed by atoms with E-state index >= 15 is 0 Å². The van der Waals surface area contributed by atoms with Gasteiger partial charge in [-0.2, -0.15) is 0 Å². The summed E-state index contributed by atoms with van der Waals surface area (Å²) in [5, 5.41) is 4.22.